The molecule has 0 aliphatic carbocycles. The summed E-state index contributed by atoms with van der Waals surface area (Å²) in [6.45, 7) is 4.40. The average Bonchev–Trinajstić information content (AvgIpc) is 2.28. The lowest BCUT2D eigenvalue weighted by Crippen LogP contribution is -2.35. The van der Waals surface area contributed by atoms with E-state index in [2.05, 4.69) is 11.9 Å². The van der Waals surface area contributed by atoms with E-state index in [1.165, 1.54) is 30.0 Å². The first-order valence-corrected chi connectivity index (χ1v) is 5.96. The fraction of sp³-hybridized carbons (Fsp3) is 0.667. The number of hydrogen-bond donors (Lipinski definition) is 1. The molecule has 16 heavy (non-hydrogen) atoms. The normalized spacial score (nSPS) is 10.6. The van der Waals surface area contributed by atoms with Crippen molar-refractivity contribution in [1.82, 2.24) is 9.55 Å². The summed E-state index contributed by atoms with van der Waals surface area (Å²) in [6.07, 6.45) is 7.04. The van der Waals surface area contributed by atoms with Crippen LogP contribution >= 0.6 is 0 Å². The number of nitrogens with zero attached hydrogens (tertiary/aromatic N) is 1. The standard InChI is InChI=1S/C12H20N2O2/c1-3-4-5-6-7-8-14-11(15)10(2)9-13-12(14)16/h9H,3-8H2,1-2H3,(H,13,16). The van der Waals surface area contributed by atoms with Gasteiger partial charge in [-0.1, -0.05) is 32.6 Å². The minimum absolute atomic E-state index is 0.167. The van der Waals surface area contributed by atoms with Crippen molar-refractivity contribution in [2.75, 3.05) is 0 Å². The average molecular weight is 224 g/mol. The Kier molecular flexibility index (Phi) is 5.02. The smallest absolute Gasteiger partial charge is 0.314 e. The third-order valence-corrected chi connectivity index (χ3v) is 2.73. The van der Waals surface area contributed by atoms with Gasteiger partial charge in [0.1, 0.15) is 0 Å². The molecule has 4 heteroatoms. The highest BCUT2D eigenvalue weighted by Crippen LogP contribution is 2.02. The Bertz CT molecular complexity index is 431. The highest BCUT2D eigenvalue weighted by atomic mass is 16.2. The fourth-order valence-electron chi connectivity index (χ4n) is 1.69. The van der Waals surface area contributed by atoms with E-state index >= 15 is 0 Å². The predicted octanol–water partition coefficient (Wildman–Crippen LogP) is 1.82. The Morgan fingerprint density at radius 1 is 1.19 bits per heavy atom. The first-order valence-electron chi connectivity index (χ1n) is 5.96. The molecule has 0 atom stereocenters. The van der Waals surface area contributed by atoms with Crippen LogP contribution in [0.4, 0.5) is 0 Å². The molecule has 1 rings (SSSR count). The molecule has 1 aromatic rings. The van der Waals surface area contributed by atoms with Crippen molar-refractivity contribution in [2.45, 2.75) is 52.5 Å². The summed E-state index contributed by atoms with van der Waals surface area (Å²) in [7, 11) is 0. The van der Waals surface area contributed by atoms with Crippen LogP contribution in [0.2, 0.25) is 0 Å². The van der Waals surface area contributed by atoms with Crippen molar-refractivity contribution in [3.8, 4) is 0 Å². The predicted molar refractivity (Wildman–Crippen MR) is 64.8 cm³/mol. The van der Waals surface area contributed by atoms with Crippen molar-refractivity contribution in [3.63, 3.8) is 0 Å². The quantitative estimate of drug-likeness (QED) is 0.749. The number of aromatic nitrogens is 2. The Morgan fingerprint density at radius 3 is 2.56 bits per heavy atom. The van der Waals surface area contributed by atoms with Crippen LogP contribution in [0.15, 0.2) is 15.8 Å². The van der Waals surface area contributed by atoms with Crippen LogP contribution in [-0.4, -0.2) is 9.55 Å². The molecule has 0 radical (unpaired) electrons. The van der Waals surface area contributed by atoms with E-state index in [0.717, 1.165) is 12.8 Å². The number of aryl methyl sites for hydroxylation is 1. The zero-order chi connectivity index (χ0) is 12.0. The van der Waals surface area contributed by atoms with Gasteiger partial charge in [-0.05, 0) is 13.3 Å². The Morgan fingerprint density at radius 2 is 1.88 bits per heavy atom. The zero-order valence-corrected chi connectivity index (χ0v) is 10.1. The van der Waals surface area contributed by atoms with Gasteiger partial charge in [-0.3, -0.25) is 9.36 Å². The number of rotatable bonds is 6. The van der Waals surface area contributed by atoms with E-state index in [0.29, 0.717) is 12.1 Å². The number of aromatic amines is 1. The van der Waals surface area contributed by atoms with E-state index in [-0.39, 0.29) is 11.2 Å². The summed E-state index contributed by atoms with van der Waals surface area (Å²) in [6, 6.07) is 0. The molecular weight excluding hydrogens is 204 g/mol. The molecule has 0 spiro atoms. The highest BCUT2D eigenvalue weighted by molar-refractivity contribution is 5.00. The van der Waals surface area contributed by atoms with Crippen molar-refractivity contribution < 1.29 is 0 Å². The van der Waals surface area contributed by atoms with Crippen LogP contribution in [0.5, 0.6) is 0 Å². The van der Waals surface area contributed by atoms with Crippen LogP contribution in [0, 0.1) is 6.92 Å². The second-order valence-corrected chi connectivity index (χ2v) is 4.15. The maximum atomic E-state index is 11.7. The Hall–Kier alpha value is -1.32. The van der Waals surface area contributed by atoms with Gasteiger partial charge in [0.2, 0.25) is 0 Å². The molecule has 0 aromatic carbocycles. The third kappa shape index (κ3) is 3.36. The van der Waals surface area contributed by atoms with Gasteiger partial charge < -0.3 is 4.98 Å². The molecule has 0 fully saturated rings. The van der Waals surface area contributed by atoms with Gasteiger partial charge in [-0.25, -0.2) is 4.79 Å². The summed E-state index contributed by atoms with van der Waals surface area (Å²) in [5, 5.41) is 0. The Balaban J connectivity index is 2.57. The minimum atomic E-state index is -0.300. The third-order valence-electron chi connectivity index (χ3n) is 2.73. The van der Waals surface area contributed by atoms with Gasteiger partial charge in [0.25, 0.3) is 5.56 Å². The number of H-pyrrole nitrogens is 1. The van der Waals surface area contributed by atoms with Crippen molar-refractivity contribution >= 4 is 0 Å². The first kappa shape index (κ1) is 12.7. The monoisotopic (exact) mass is 224 g/mol. The van der Waals surface area contributed by atoms with Gasteiger partial charge >= 0.3 is 5.69 Å². The lowest BCUT2D eigenvalue weighted by Gasteiger charge is -2.04. The maximum absolute atomic E-state index is 11.7. The molecule has 0 saturated carbocycles. The van der Waals surface area contributed by atoms with E-state index in [1.54, 1.807) is 6.92 Å². The van der Waals surface area contributed by atoms with E-state index < -0.39 is 0 Å². The summed E-state index contributed by atoms with van der Waals surface area (Å²) < 4.78 is 1.29. The largest absolute Gasteiger partial charge is 0.328 e. The first-order chi connectivity index (χ1) is 7.66. The Labute approximate surface area is 95.3 Å². The lowest BCUT2D eigenvalue weighted by molar-refractivity contribution is 0.539. The van der Waals surface area contributed by atoms with Crippen molar-refractivity contribution in [1.29, 1.82) is 0 Å². The molecule has 0 amide bonds. The van der Waals surface area contributed by atoms with Crippen LogP contribution in [-0.2, 0) is 6.54 Å². The molecule has 0 aliphatic rings. The number of hydrogen-bond acceptors (Lipinski definition) is 2. The van der Waals surface area contributed by atoms with E-state index in [1.807, 2.05) is 0 Å². The molecule has 0 bridgehead atoms. The van der Waals surface area contributed by atoms with Crippen molar-refractivity contribution in [2.24, 2.45) is 0 Å². The molecular formula is C12H20N2O2. The zero-order valence-electron chi connectivity index (χ0n) is 10.1. The van der Waals surface area contributed by atoms with E-state index in [9.17, 15) is 9.59 Å². The van der Waals surface area contributed by atoms with E-state index in [4.69, 9.17) is 0 Å². The molecule has 1 heterocycles. The highest BCUT2D eigenvalue weighted by Gasteiger charge is 2.02. The SMILES string of the molecule is CCCCCCCn1c(=O)[nH]cc(C)c1=O. The topological polar surface area (TPSA) is 54.9 Å². The summed E-state index contributed by atoms with van der Waals surface area (Å²) >= 11 is 0. The van der Waals surface area contributed by atoms with Crippen LogP contribution in [0.25, 0.3) is 0 Å². The minimum Gasteiger partial charge on any atom is -0.314 e. The van der Waals surface area contributed by atoms with Crippen molar-refractivity contribution in [3.05, 3.63) is 32.6 Å². The summed E-state index contributed by atoms with van der Waals surface area (Å²) in [4.78, 5) is 25.6. The van der Waals surface area contributed by atoms with Gasteiger partial charge in [0, 0.05) is 18.3 Å². The van der Waals surface area contributed by atoms with Gasteiger partial charge in [0.15, 0.2) is 0 Å². The molecule has 1 N–H and O–H groups in total. The molecule has 4 nitrogen and oxygen atoms in total. The molecule has 90 valence electrons. The summed E-state index contributed by atoms with van der Waals surface area (Å²) in [5.74, 6) is 0. The van der Waals surface area contributed by atoms with Crippen LogP contribution in [0.1, 0.15) is 44.6 Å². The number of nitrogens with one attached hydrogen (secondary N) is 1. The fourth-order valence-corrected chi connectivity index (χ4v) is 1.69. The number of unbranched alkanes of at least 4 members (excludes halogenated alkanes) is 4. The van der Waals surface area contributed by atoms with Crippen LogP contribution < -0.4 is 11.2 Å². The summed E-state index contributed by atoms with van der Waals surface area (Å²) in [5.41, 5.74) is 0.124. The van der Waals surface area contributed by atoms with Crippen LogP contribution in [0.3, 0.4) is 0 Å². The molecule has 0 unspecified atom stereocenters. The lowest BCUT2D eigenvalue weighted by atomic mass is 10.1. The van der Waals surface area contributed by atoms with Gasteiger partial charge in [0.05, 0.1) is 0 Å². The molecule has 1 aromatic heterocycles. The second kappa shape index (κ2) is 6.30. The maximum Gasteiger partial charge on any atom is 0.328 e. The van der Waals surface area contributed by atoms with Gasteiger partial charge in [-0.2, -0.15) is 0 Å². The van der Waals surface area contributed by atoms with Gasteiger partial charge in [-0.15, -0.1) is 0 Å². The molecule has 0 aliphatic heterocycles. The molecule has 0 saturated heterocycles. The second-order valence-electron chi connectivity index (χ2n) is 4.15.